The van der Waals surface area contributed by atoms with Crippen LogP contribution in [0.1, 0.15) is 84.8 Å². The number of phenolic OH excluding ortho intramolecular Hbond substituents is 1. The molecule has 0 saturated carbocycles. The Labute approximate surface area is 483 Å². The number of aliphatic hydroxyl groups is 2. The first-order valence-corrected chi connectivity index (χ1v) is 27.0. The molecule has 1 saturated heterocycles. The van der Waals surface area contributed by atoms with Crippen molar-refractivity contribution in [3.8, 4) is 5.75 Å². The van der Waals surface area contributed by atoms with Gasteiger partial charge in [0.25, 0.3) is 0 Å². The van der Waals surface area contributed by atoms with Gasteiger partial charge in [-0.1, -0.05) is 70.2 Å². The van der Waals surface area contributed by atoms with Gasteiger partial charge in [0.2, 0.25) is 65.0 Å². The summed E-state index contributed by atoms with van der Waals surface area (Å²) in [6.45, 7) is 6.73. The number of phenols is 1. The molecule has 3 rings (SSSR count). The quantitative estimate of drug-likeness (QED) is 0.0318. The van der Waals surface area contributed by atoms with Gasteiger partial charge in [0.1, 0.15) is 60.1 Å². The molecule has 11 amide bonds. The highest BCUT2D eigenvalue weighted by atomic mass is 16.4. The highest BCUT2D eigenvalue weighted by Gasteiger charge is 2.42. The Morgan fingerprint density at radius 3 is 1.73 bits per heavy atom. The van der Waals surface area contributed by atoms with Crippen molar-refractivity contribution in [3.05, 3.63) is 65.7 Å². The van der Waals surface area contributed by atoms with Gasteiger partial charge in [-0.25, -0.2) is 4.79 Å². The summed E-state index contributed by atoms with van der Waals surface area (Å²) < 4.78 is 0. The molecule has 30 heteroatoms. The minimum atomic E-state index is -1.83. The standard InChI is InChI=1S/C54H78N12O18/c1-26(2)42(51(80)57-24-40(71)59-37(25-67)49(78)60-34(18-19-41(72)73)47(76)58-28(5)45(74)62-36(54(83)84)22-30-11-8-7-9-12-30)63-48(77)35(23-39(56)70)61-52(81)44(29(6)68)65-50(79)38-13-10-20-66(38)53(82)43(27(3)4)64-46(75)33(55)21-31-14-16-32(69)17-15-31/h7-9,11-12,14-17,26-29,33-38,42-44,67-69H,10,13,18-25,55H2,1-6H3,(H2,56,70)(H,57,80)(H,58,76)(H,59,71)(H,60,78)(H,61,81)(H,62,74)(H,63,77)(H,64,75)(H,65,79)(H,72,73)(H,83,84)/t28-,29-,33+,34+,35+,36+,37+,38+,42+,43+,44+/m1/s1. The maximum absolute atomic E-state index is 14.0. The molecule has 1 heterocycles. The maximum atomic E-state index is 14.0. The van der Waals surface area contributed by atoms with Crippen molar-refractivity contribution in [1.82, 2.24) is 52.8 Å². The summed E-state index contributed by atoms with van der Waals surface area (Å²) in [5, 5.41) is 70.2. The molecule has 0 aromatic heterocycles. The van der Waals surface area contributed by atoms with Gasteiger partial charge in [-0.3, -0.25) is 57.5 Å². The number of carbonyl (C=O) groups is 13. The van der Waals surface area contributed by atoms with Gasteiger partial charge in [-0.2, -0.15) is 0 Å². The van der Waals surface area contributed by atoms with E-state index in [0.717, 1.165) is 6.92 Å². The third kappa shape index (κ3) is 22.2. The largest absolute Gasteiger partial charge is 0.508 e. The van der Waals surface area contributed by atoms with Crippen LogP contribution in [-0.4, -0.2) is 194 Å². The number of nitrogens with zero attached hydrogens (tertiary/aromatic N) is 1. The number of hydrogen-bond donors (Lipinski definition) is 16. The predicted octanol–water partition coefficient (Wildman–Crippen LogP) is -4.98. The Kier molecular flexibility index (Phi) is 27.6. The van der Waals surface area contributed by atoms with Crippen LogP contribution in [-0.2, 0) is 75.2 Å². The Morgan fingerprint density at radius 2 is 1.17 bits per heavy atom. The smallest absolute Gasteiger partial charge is 0.326 e. The van der Waals surface area contributed by atoms with Crippen LogP contribution in [0.25, 0.3) is 0 Å². The first kappa shape index (κ1) is 69.5. The number of benzene rings is 2. The number of aromatic hydroxyl groups is 1. The zero-order chi connectivity index (χ0) is 63.1. The normalized spacial score (nSPS) is 16.5. The van der Waals surface area contributed by atoms with E-state index in [2.05, 4.69) is 47.9 Å². The molecular weight excluding hydrogens is 1100 g/mol. The molecule has 0 spiro atoms. The lowest BCUT2D eigenvalue weighted by Gasteiger charge is -2.32. The fraction of sp³-hybridized carbons (Fsp3) is 0.537. The third-order valence-corrected chi connectivity index (χ3v) is 13.3. The molecule has 0 bridgehead atoms. The van der Waals surface area contributed by atoms with E-state index in [-0.39, 0.29) is 31.6 Å². The number of aliphatic hydroxyl groups excluding tert-OH is 2. The second-order valence-electron chi connectivity index (χ2n) is 20.9. The minimum absolute atomic E-state index is 0.0194. The maximum Gasteiger partial charge on any atom is 0.326 e. The average Bonchev–Trinajstić information content (AvgIpc) is 3.57. The van der Waals surface area contributed by atoms with Crippen molar-refractivity contribution < 1.29 is 87.9 Å². The number of nitrogens with one attached hydrogen (secondary N) is 9. The summed E-state index contributed by atoms with van der Waals surface area (Å²) >= 11 is 0. The fourth-order valence-electron chi connectivity index (χ4n) is 8.60. The van der Waals surface area contributed by atoms with Gasteiger partial charge in [-0.15, -0.1) is 0 Å². The summed E-state index contributed by atoms with van der Waals surface area (Å²) in [4.78, 5) is 171. The molecule has 84 heavy (non-hydrogen) atoms. The fourth-order valence-corrected chi connectivity index (χ4v) is 8.60. The first-order valence-electron chi connectivity index (χ1n) is 27.0. The number of rotatable bonds is 33. The number of carbonyl (C=O) groups excluding carboxylic acids is 11. The molecule has 1 aliphatic heterocycles. The Bertz CT molecular complexity index is 2680. The second-order valence-corrected chi connectivity index (χ2v) is 20.9. The van der Waals surface area contributed by atoms with Gasteiger partial charge < -0.3 is 89.8 Å². The Hall–Kier alpha value is -8.77. The first-order chi connectivity index (χ1) is 39.4. The van der Waals surface area contributed by atoms with Crippen molar-refractivity contribution in [2.45, 2.75) is 153 Å². The van der Waals surface area contributed by atoms with E-state index in [1.54, 1.807) is 56.3 Å². The number of likely N-dealkylation sites (tertiary alicyclic amines) is 1. The van der Waals surface area contributed by atoms with Gasteiger partial charge in [0.05, 0.1) is 31.7 Å². The molecule has 462 valence electrons. The molecule has 11 atom stereocenters. The molecule has 0 unspecified atom stereocenters. The van der Waals surface area contributed by atoms with Crippen LogP contribution in [0, 0.1) is 11.8 Å². The van der Waals surface area contributed by atoms with E-state index < -0.39 is 188 Å². The van der Waals surface area contributed by atoms with Crippen molar-refractivity contribution in [2.24, 2.45) is 23.3 Å². The average molecular weight is 1180 g/mol. The van der Waals surface area contributed by atoms with E-state index in [1.165, 1.54) is 37.8 Å². The summed E-state index contributed by atoms with van der Waals surface area (Å²) in [5.41, 5.74) is 12.8. The molecule has 18 N–H and O–H groups in total. The van der Waals surface area contributed by atoms with E-state index in [0.29, 0.717) is 17.5 Å². The molecule has 1 aliphatic rings. The zero-order valence-corrected chi connectivity index (χ0v) is 47.4. The van der Waals surface area contributed by atoms with Gasteiger partial charge in [-0.05, 0) is 74.6 Å². The molecule has 2 aromatic carbocycles. The SMILES string of the molecule is CC(C)[C@H](NC(=O)[C@H](CC(N)=O)NC(=O)[C@@H](NC(=O)[C@@H]1CCCN1C(=O)[C@@H](NC(=O)[C@@H](N)Cc1ccc(O)cc1)C(C)C)[C@@H](C)O)C(=O)NCC(=O)N[C@@H](CO)C(=O)N[C@@H](CCC(=O)O)C(=O)N[C@H](C)C(=O)N[C@@H](Cc1ccccc1)C(=O)O. The molecule has 2 aromatic rings. The number of carboxylic acids is 2. The number of amides is 11. The molecule has 1 fully saturated rings. The zero-order valence-electron chi connectivity index (χ0n) is 47.4. The van der Waals surface area contributed by atoms with Gasteiger partial charge >= 0.3 is 11.9 Å². The van der Waals surface area contributed by atoms with Crippen LogP contribution < -0.4 is 59.3 Å². The van der Waals surface area contributed by atoms with Crippen LogP contribution >= 0.6 is 0 Å². The van der Waals surface area contributed by atoms with Crippen LogP contribution in [0.3, 0.4) is 0 Å². The number of hydrogen-bond acceptors (Lipinski definition) is 17. The second kappa shape index (κ2) is 33.4. The van der Waals surface area contributed by atoms with Crippen LogP contribution in [0.4, 0.5) is 0 Å². The lowest BCUT2D eigenvalue weighted by Crippen LogP contribution is -2.62. The van der Waals surface area contributed by atoms with Gasteiger partial charge in [0.15, 0.2) is 0 Å². The van der Waals surface area contributed by atoms with Crippen molar-refractivity contribution in [1.29, 1.82) is 0 Å². The van der Waals surface area contributed by atoms with Crippen LogP contribution in [0.5, 0.6) is 5.75 Å². The highest BCUT2D eigenvalue weighted by Crippen LogP contribution is 2.22. The van der Waals surface area contributed by atoms with Crippen LogP contribution in [0.15, 0.2) is 54.6 Å². The molecule has 0 radical (unpaired) electrons. The van der Waals surface area contributed by atoms with Crippen molar-refractivity contribution in [2.75, 3.05) is 19.7 Å². The van der Waals surface area contributed by atoms with E-state index in [1.807, 2.05) is 0 Å². The number of carboxylic acid groups (broad SMARTS) is 2. The number of primary amides is 1. The highest BCUT2D eigenvalue weighted by molar-refractivity contribution is 5.99. The third-order valence-electron chi connectivity index (χ3n) is 13.3. The Balaban J connectivity index is 1.64. The number of aliphatic carboxylic acids is 2. The van der Waals surface area contributed by atoms with E-state index >= 15 is 0 Å². The molecular formula is C54H78N12O18. The summed E-state index contributed by atoms with van der Waals surface area (Å²) in [6, 6.07) is -0.461. The van der Waals surface area contributed by atoms with Crippen molar-refractivity contribution >= 4 is 76.9 Å². The molecule has 30 nitrogen and oxygen atoms in total. The monoisotopic (exact) mass is 1180 g/mol. The number of nitrogens with two attached hydrogens (primary N) is 2. The van der Waals surface area contributed by atoms with Gasteiger partial charge in [0, 0.05) is 19.4 Å². The Morgan fingerprint density at radius 1 is 0.607 bits per heavy atom. The predicted molar refractivity (Wildman–Crippen MR) is 296 cm³/mol. The summed E-state index contributed by atoms with van der Waals surface area (Å²) in [5.74, 6) is -14.9. The minimum Gasteiger partial charge on any atom is -0.508 e. The molecule has 0 aliphatic carbocycles. The van der Waals surface area contributed by atoms with Crippen molar-refractivity contribution in [3.63, 3.8) is 0 Å². The summed E-state index contributed by atoms with van der Waals surface area (Å²) in [6.07, 6.45) is -3.30. The topological polar surface area (TPSA) is 487 Å². The lowest BCUT2D eigenvalue weighted by molar-refractivity contribution is -0.143. The lowest BCUT2D eigenvalue weighted by atomic mass is 10.00. The van der Waals surface area contributed by atoms with E-state index in [4.69, 9.17) is 11.5 Å². The van der Waals surface area contributed by atoms with E-state index in [9.17, 15) is 87.9 Å². The van der Waals surface area contributed by atoms with Crippen LogP contribution in [0.2, 0.25) is 0 Å². The summed E-state index contributed by atoms with van der Waals surface area (Å²) in [7, 11) is 0.